The summed E-state index contributed by atoms with van der Waals surface area (Å²) in [5.41, 5.74) is 1.83. The molecule has 1 aromatic carbocycles. The van der Waals surface area contributed by atoms with Crippen molar-refractivity contribution in [2.24, 2.45) is 23.2 Å². The van der Waals surface area contributed by atoms with Crippen LogP contribution in [0.2, 0.25) is 0 Å². The summed E-state index contributed by atoms with van der Waals surface area (Å²) in [6.45, 7) is 6.00. The van der Waals surface area contributed by atoms with Gasteiger partial charge in [-0.05, 0) is 93.2 Å². The van der Waals surface area contributed by atoms with E-state index in [1.165, 1.54) is 44.1 Å². The molecular weight excluding hydrogens is 310 g/mol. The molecule has 3 heteroatoms. The Hall–Kier alpha value is -1.22. The summed E-state index contributed by atoms with van der Waals surface area (Å²) in [5.74, 6) is 4.72. The smallest absolute Gasteiger partial charge is 0.161 e. The van der Waals surface area contributed by atoms with Crippen molar-refractivity contribution < 1.29 is 9.47 Å². The predicted octanol–water partition coefficient (Wildman–Crippen LogP) is 4.79. The maximum Gasteiger partial charge on any atom is 0.161 e. The van der Waals surface area contributed by atoms with Crippen molar-refractivity contribution in [3.05, 3.63) is 23.8 Å². The molecule has 4 saturated carbocycles. The SMILES string of the molecule is CCOc1ccc(CN[C@@H](C)C23CC4CC(CC(C4)C2)C3)cc1OC. The molecule has 3 nitrogen and oxygen atoms in total. The standard InChI is InChI=1S/C22H33NO2/c1-4-25-20-6-5-16(10-21(20)24-3)14-23-15(2)22-11-17-7-18(12-22)9-19(8-17)13-22/h5-6,10,15,17-19,23H,4,7-9,11-14H2,1-3H3/t15-,17?,18?,19?,22?/m0/s1. The molecule has 0 spiro atoms. The second-order valence-corrected chi connectivity index (χ2v) is 8.80. The van der Waals surface area contributed by atoms with Crippen molar-refractivity contribution in [3.63, 3.8) is 0 Å². The summed E-state index contributed by atoms with van der Waals surface area (Å²) in [4.78, 5) is 0. The zero-order valence-corrected chi connectivity index (χ0v) is 16.0. The monoisotopic (exact) mass is 343 g/mol. The Morgan fingerprint density at radius 2 is 1.72 bits per heavy atom. The fraction of sp³-hybridized carbons (Fsp3) is 0.727. The summed E-state index contributed by atoms with van der Waals surface area (Å²) in [6, 6.07) is 6.91. The fourth-order valence-electron chi connectivity index (χ4n) is 6.29. The molecule has 0 heterocycles. The molecule has 4 bridgehead atoms. The molecule has 138 valence electrons. The average molecular weight is 344 g/mol. The summed E-state index contributed by atoms with van der Waals surface area (Å²) in [7, 11) is 1.72. The van der Waals surface area contributed by atoms with E-state index in [2.05, 4.69) is 24.4 Å². The van der Waals surface area contributed by atoms with E-state index >= 15 is 0 Å². The molecule has 1 atom stereocenters. The fourth-order valence-corrected chi connectivity index (χ4v) is 6.29. The van der Waals surface area contributed by atoms with Crippen molar-refractivity contribution in [2.75, 3.05) is 13.7 Å². The lowest BCUT2D eigenvalue weighted by Gasteiger charge is -2.59. The highest BCUT2D eigenvalue weighted by molar-refractivity contribution is 5.43. The van der Waals surface area contributed by atoms with Gasteiger partial charge in [0.05, 0.1) is 13.7 Å². The van der Waals surface area contributed by atoms with Crippen LogP contribution in [-0.4, -0.2) is 19.8 Å². The molecule has 25 heavy (non-hydrogen) atoms. The third kappa shape index (κ3) is 3.28. The van der Waals surface area contributed by atoms with Gasteiger partial charge in [0.15, 0.2) is 11.5 Å². The molecule has 0 saturated heterocycles. The lowest BCUT2D eigenvalue weighted by Crippen LogP contribution is -2.54. The molecule has 0 aliphatic heterocycles. The number of hydrogen-bond donors (Lipinski definition) is 1. The first-order chi connectivity index (χ1) is 12.1. The Balaban J connectivity index is 1.41. The third-order valence-electron chi connectivity index (χ3n) is 7.14. The minimum absolute atomic E-state index is 0.560. The Morgan fingerprint density at radius 3 is 2.28 bits per heavy atom. The normalized spacial score (nSPS) is 34.1. The molecular formula is C22H33NO2. The van der Waals surface area contributed by atoms with Crippen LogP contribution in [0.15, 0.2) is 18.2 Å². The summed E-state index contributed by atoms with van der Waals surface area (Å²) < 4.78 is 11.1. The van der Waals surface area contributed by atoms with Crippen LogP contribution in [0.3, 0.4) is 0 Å². The van der Waals surface area contributed by atoms with Gasteiger partial charge in [0.2, 0.25) is 0 Å². The van der Waals surface area contributed by atoms with Crippen molar-refractivity contribution in [1.29, 1.82) is 0 Å². The number of methoxy groups -OCH3 is 1. The van der Waals surface area contributed by atoms with Crippen LogP contribution in [0, 0.1) is 23.2 Å². The van der Waals surface area contributed by atoms with Gasteiger partial charge in [-0.3, -0.25) is 0 Å². The quantitative estimate of drug-likeness (QED) is 0.772. The maximum absolute atomic E-state index is 5.63. The highest BCUT2D eigenvalue weighted by Crippen LogP contribution is 2.61. The minimum Gasteiger partial charge on any atom is -0.493 e. The molecule has 4 fully saturated rings. The van der Waals surface area contributed by atoms with Gasteiger partial charge in [-0.1, -0.05) is 6.07 Å². The predicted molar refractivity (Wildman–Crippen MR) is 101 cm³/mol. The van der Waals surface area contributed by atoms with Crippen LogP contribution >= 0.6 is 0 Å². The van der Waals surface area contributed by atoms with Gasteiger partial charge in [0, 0.05) is 12.6 Å². The number of rotatable bonds is 7. The van der Waals surface area contributed by atoms with Gasteiger partial charge in [0.25, 0.3) is 0 Å². The first-order valence-corrected chi connectivity index (χ1v) is 10.1. The Labute approximate surface area is 152 Å². The summed E-state index contributed by atoms with van der Waals surface area (Å²) in [6.07, 6.45) is 8.92. The van der Waals surface area contributed by atoms with E-state index < -0.39 is 0 Å². The third-order valence-corrected chi connectivity index (χ3v) is 7.14. The highest BCUT2D eigenvalue weighted by Gasteiger charge is 2.52. The Kier molecular flexibility index (Phi) is 4.70. The van der Waals surface area contributed by atoms with E-state index in [1.54, 1.807) is 7.11 Å². The minimum atomic E-state index is 0.560. The largest absolute Gasteiger partial charge is 0.493 e. The number of hydrogen-bond acceptors (Lipinski definition) is 3. The van der Waals surface area contributed by atoms with Crippen molar-refractivity contribution in [2.45, 2.75) is 65.0 Å². The number of ether oxygens (including phenoxy) is 2. The Morgan fingerprint density at radius 1 is 1.08 bits per heavy atom. The van der Waals surface area contributed by atoms with Crippen LogP contribution in [0.4, 0.5) is 0 Å². The number of nitrogens with one attached hydrogen (secondary N) is 1. The summed E-state index contributed by atoms with van der Waals surface area (Å²) >= 11 is 0. The topological polar surface area (TPSA) is 30.5 Å². The van der Waals surface area contributed by atoms with E-state index in [1.807, 2.05) is 13.0 Å². The van der Waals surface area contributed by atoms with E-state index in [0.717, 1.165) is 35.8 Å². The first-order valence-electron chi connectivity index (χ1n) is 10.1. The molecule has 0 aromatic heterocycles. The van der Waals surface area contributed by atoms with E-state index in [-0.39, 0.29) is 0 Å². The van der Waals surface area contributed by atoms with Crippen molar-refractivity contribution in [3.8, 4) is 11.5 Å². The van der Waals surface area contributed by atoms with Gasteiger partial charge in [0.1, 0.15) is 0 Å². The van der Waals surface area contributed by atoms with Gasteiger partial charge >= 0.3 is 0 Å². The molecule has 0 amide bonds. The van der Waals surface area contributed by atoms with Gasteiger partial charge < -0.3 is 14.8 Å². The number of benzene rings is 1. The summed E-state index contributed by atoms with van der Waals surface area (Å²) in [5, 5.41) is 3.86. The molecule has 5 rings (SSSR count). The van der Waals surface area contributed by atoms with Gasteiger partial charge in [-0.2, -0.15) is 0 Å². The molecule has 0 unspecified atom stereocenters. The van der Waals surface area contributed by atoms with E-state index in [9.17, 15) is 0 Å². The van der Waals surface area contributed by atoms with Gasteiger partial charge in [-0.15, -0.1) is 0 Å². The van der Waals surface area contributed by atoms with Crippen LogP contribution in [0.5, 0.6) is 11.5 Å². The van der Waals surface area contributed by atoms with Crippen molar-refractivity contribution in [1.82, 2.24) is 5.32 Å². The van der Waals surface area contributed by atoms with Crippen molar-refractivity contribution >= 4 is 0 Å². The molecule has 1 aromatic rings. The maximum atomic E-state index is 5.63. The molecule has 4 aliphatic rings. The van der Waals surface area contributed by atoms with Crippen LogP contribution < -0.4 is 14.8 Å². The highest BCUT2D eigenvalue weighted by atomic mass is 16.5. The molecule has 1 N–H and O–H groups in total. The first kappa shape index (κ1) is 17.2. The van der Waals surface area contributed by atoms with Crippen LogP contribution in [-0.2, 0) is 6.54 Å². The zero-order chi connectivity index (χ0) is 17.4. The molecule has 4 aliphatic carbocycles. The Bertz CT molecular complexity index is 577. The zero-order valence-electron chi connectivity index (χ0n) is 16.0. The lowest BCUT2D eigenvalue weighted by atomic mass is 9.48. The average Bonchev–Trinajstić information content (AvgIpc) is 2.59. The van der Waals surface area contributed by atoms with E-state index in [0.29, 0.717) is 18.1 Å². The second-order valence-electron chi connectivity index (χ2n) is 8.80. The molecule has 0 radical (unpaired) electrons. The lowest BCUT2D eigenvalue weighted by molar-refractivity contribution is -0.0706. The van der Waals surface area contributed by atoms with Crippen LogP contribution in [0.1, 0.15) is 57.9 Å². The van der Waals surface area contributed by atoms with Gasteiger partial charge in [-0.25, -0.2) is 0 Å². The van der Waals surface area contributed by atoms with E-state index in [4.69, 9.17) is 9.47 Å². The second kappa shape index (κ2) is 6.83. The van der Waals surface area contributed by atoms with Crippen LogP contribution in [0.25, 0.3) is 0 Å².